The summed E-state index contributed by atoms with van der Waals surface area (Å²) in [6.07, 6.45) is 2.37. The normalized spacial score (nSPS) is 30.4. The average molecular weight is 133 g/mol. The van der Waals surface area contributed by atoms with Gasteiger partial charge < -0.3 is 5.21 Å². The van der Waals surface area contributed by atoms with Crippen molar-refractivity contribution in [1.82, 2.24) is 5.48 Å². The molecule has 1 saturated heterocycles. The third-order valence-electron chi connectivity index (χ3n) is 1.34. The van der Waals surface area contributed by atoms with Gasteiger partial charge in [0.25, 0.3) is 0 Å². The lowest BCUT2D eigenvalue weighted by Gasteiger charge is -2.18. The molecule has 2 N–H and O–H groups in total. The van der Waals surface area contributed by atoms with E-state index in [0.717, 1.165) is 12.2 Å². The van der Waals surface area contributed by atoms with Crippen LogP contribution in [0.15, 0.2) is 0 Å². The first-order valence-electron chi connectivity index (χ1n) is 2.91. The van der Waals surface area contributed by atoms with Crippen LogP contribution in [-0.2, 0) is 0 Å². The Morgan fingerprint density at radius 3 is 2.88 bits per heavy atom. The second kappa shape index (κ2) is 3.33. The maximum Gasteiger partial charge on any atom is 0.0410 e. The van der Waals surface area contributed by atoms with Gasteiger partial charge in [-0.3, -0.25) is 0 Å². The van der Waals surface area contributed by atoms with Crippen LogP contribution < -0.4 is 5.48 Å². The molecule has 0 aromatic rings. The van der Waals surface area contributed by atoms with Crippen LogP contribution in [0.2, 0.25) is 0 Å². The van der Waals surface area contributed by atoms with E-state index in [1.807, 2.05) is 11.8 Å². The van der Waals surface area contributed by atoms with E-state index in [0.29, 0.717) is 6.04 Å². The van der Waals surface area contributed by atoms with Gasteiger partial charge in [0.1, 0.15) is 0 Å². The van der Waals surface area contributed by atoms with E-state index in [1.165, 1.54) is 12.2 Å². The second-order valence-electron chi connectivity index (χ2n) is 2.04. The minimum atomic E-state index is 0.355. The van der Waals surface area contributed by atoms with Crippen molar-refractivity contribution in [2.45, 2.75) is 18.9 Å². The number of nitrogens with one attached hydrogen (secondary N) is 1. The first-order valence-corrected chi connectivity index (χ1v) is 4.06. The molecule has 1 aliphatic rings. The summed E-state index contributed by atoms with van der Waals surface area (Å²) in [5.41, 5.74) is 2.28. The second-order valence-corrected chi connectivity index (χ2v) is 3.19. The van der Waals surface area contributed by atoms with Crippen LogP contribution in [0.5, 0.6) is 0 Å². The zero-order chi connectivity index (χ0) is 5.82. The molecule has 0 aliphatic carbocycles. The van der Waals surface area contributed by atoms with Crippen molar-refractivity contribution in [2.75, 3.05) is 11.5 Å². The number of rotatable bonds is 1. The Bertz CT molecular complexity index is 63.4. The van der Waals surface area contributed by atoms with Crippen LogP contribution in [0.4, 0.5) is 0 Å². The molecule has 1 aliphatic heterocycles. The monoisotopic (exact) mass is 133 g/mol. The van der Waals surface area contributed by atoms with Gasteiger partial charge in [0, 0.05) is 11.8 Å². The summed E-state index contributed by atoms with van der Waals surface area (Å²) < 4.78 is 0. The van der Waals surface area contributed by atoms with Crippen molar-refractivity contribution in [1.29, 1.82) is 0 Å². The standard InChI is InChI=1S/C5H11NOS/c7-6-5-2-1-3-8-4-5/h5-7H,1-4H2. The first-order chi connectivity index (χ1) is 3.93. The average Bonchev–Trinajstić information content (AvgIpc) is 1.90. The molecule has 1 rings (SSSR count). The Balaban J connectivity index is 2.13. The molecule has 0 spiro atoms. The smallest absolute Gasteiger partial charge is 0.0410 e. The molecule has 0 saturated carbocycles. The lowest BCUT2D eigenvalue weighted by molar-refractivity contribution is 0.129. The summed E-state index contributed by atoms with van der Waals surface area (Å²) in [5.74, 6) is 2.33. The van der Waals surface area contributed by atoms with Crippen LogP contribution in [0, 0.1) is 0 Å². The minimum Gasteiger partial charge on any atom is -0.317 e. The van der Waals surface area contributed by atoms with Crippen molar-refractivity contribution in [3.63, 3.8) is 0 Å². The fraction of sp³-hybridized carbons (Fsp3) is 1.00. The summed E-state index contributed by atoms with van der Waals surface area (Å²) in [6.45, 7) is 0. The molecule has 3 heteroatoms. The highest BCUT2D eigenvalue weighted by atomic mass is 32.2. The largest absolute Gasteiger partial charge is 0.317 e. The molecule has 0 amide bonds. The van der Waals surface area contributed by atoms with Gasteiger partial charge in [0.2, 0.25) is 0 Å². The third-order valence-corrected chi connectivity index (χ3v) is 2.56. The van der Waals surface area contributed by atoms with Crippen molar-refractivity contribution in [3.8, 4) is 0 Å². The van der Waals surface area contributed by atoms with Crippen molar-refractivity contribution >= 4 is 11.8 Å². The van der Waals surface area contributed by atoms with E-state index in [9.17, 15) is 0 Å². The Kier molecular flexibility index (Phi) is 2.66. The molecule has 1 heterocycles. The van der Waals surface area contributed by atoms with Crippen molar-refractivity contribution in [3.05, 3.63) is 0 Å². The predicted molar refractivity (Wildman–Crippen MR) is 35.3 cm³/mol. The molecule has 1 atom stereocenters. The van der Waals surface area contributed by atoms with E-state index in [4.69, 9.17) is 5.21 Å². The molecule has 1 fully saturated rings. The summed E-state index contributed by atoms with van der Waals surface area (Å²) in [7, 11) is 0. The topological polar surface area (TPSA) is 32.3 Å². The van der Waals surface area contributed by atoms with E-state index >= 15 is 0 Å². The molecule has 1 unspecified atom stereocenters. The number of thioether (sulfide) groups is 1. The molecule has 2 nitrogen and oxygen atoms in total. The van der Waals surface area contributed by atoms with Crippen LogP contribution >= 0.6 is 11.8 Å². The van der Waals surface area contributed by atoms with E-state index in [-0.39, 0.29) is 0 Å². The van der Waals surface area contributed by atoms with E-state index in [1.54, 1.807) is 0 Å². The van der Waals surface area contributed by atoms with Crippen LogP contribution in [0.3, 0.4) is 0 Å². The lowest BCUT2D eigenvalue weighted by atomic mass is 10.2. The third kappa shape index (κ3) is 1.65. The quantitative estimate of drug-likeness (QED) is 0.520. The molecule has 8 heavy (non-hydrogen) atoms. The lowest BCUT2D eigenvalue weighted by Crippen LogP contribution is -2.30. The van der Waals surface area contributed by atoms with Gasteiger partial charge in [-0.2, -0.15) is 11.8 Å². The summed E-state index contributed by atoms with van der Waals surface area (Å²) in [4.78, 5) is 0. The molecule has 0 bridgehead atoms. The maximum absolute atomic E-state index is 8.43. The molecule has 0 aromatic carbocycles. The van der Waals surface area contributed by atoms with E-state index in [2.05, 4.69) is 5.48 Å². The maximum atomic E-state index is 8.43. The van der Waals surface area contributed by atoms with Crippen molar-refractivity contribution < 1.29 is 5.21 Å². The van der Waals surface area contributed by atoms with Crippen LogP contribution in [0.25, 0.3) is 0 Å². The minimum absolute atomic E-state index is 0.355. The van der Waals surface area contributed by atoms with Gasteiger partial charge in [-0.15, -0.1) is 0 Å². The highest BCUT2D eigenvalue weighted by Gasteiger charge is 2.10. The van der Waals surface area contributed by atoms with Gasteiger partial charge in [-0.25, -0.2) is 5.48 Å². The number of hydroxylamine groups is 1. The van der Waals surface area contributed by atoms with Crippen LogP contribution in [0.1, 0.15) is 12.8 Å². The van der Waals surface area contributed by atoms with E-state index < -0.39 is 0 Å². The SMILES string of the molecule is ONC1CCCSC1. The summed E-state index contributed by atoms with van der Waals surface area (Å²) >= 11 is 1.91. The molecule has 0 radical (unpaired) electrons. The zero-order valence-corrected chi connectivity index (χ0v) is 5.58. The van der Waals surface area contributed by atoms with Gasteiger partial charge >= 0.3 is 0 Å². The van der Waals surface area contributed by atoms with Gasteiger partial charge in [-0.1, -0.05) is 0 Å². The molecule has 0 aromatic heterocycles. The highest BCUT2D eigenvalue weighted by molar-refractivity contribution is 7.99. The molecular weight excluding hydrogens is 122 g/mol. The van der Waals surface area contributed by atoms with Gasteiger partial charge in [-0.05, 0) is 18.6 Å². The zero-order valence-electron chi connectivity index (χ0n) is 4.76. The Labute approximate surface area is 53.6 Å². The fourth-order valence-electron chi connectivity index (χ4n) is 0.843. The predicted octanol–water partition coefficient (Wildman–Crippen LogP) is 0.861. The summed E-state index contributed by atoms with van der Waals surface area (Å²) in [5, 5.41) is 8.43. The fourth-order valence-corrected chi connectivity index (χ4v) is 1.91. The number of hydrogen-bond donors (Lipinski definition) is 2. The van der Waals surface area contributed by atoms with Gasteiger partial charge in [0.15, 0.2) is 0 Å². The summed E-state index contributed by atoms with van der Waals surface area (Å²) in [6, 6.07) is 0.355. The van der Waals surface area contributed by atoms with Crippen LogP contribution in [-0.4, -0.2) is 22.8 Å². The molecular formula is C5H11NOS. The molecule has 48 valence electrons. The van der Waals surface area contributed by atoms with Crippen molar-refractivity contribution in [2.24, 2.45) is 0 Å². The Morgan fingerprint density at radius 1 is 1.62 bits per heavy atom. The number of hydrogen-bond acceptors (Lipinski definition) is 3. The highest BCUT2D eigenvalue weighted by Crippen LogP contribution is 2.15. The van der Waals surface area contributed by atoms with Gasteiger partial charge in [0.05, 0.1) is 0 Å². The first kappa shape index (κ1) is 6.39. The Hall–Kier alpha value is 0.270. The Morgan fingerprint density at radius 2 is 2.50 bits per heavy atom.